The van der Waals surface area contributed by atoms with E-state index in [-0.39, 0.29) is 0 Å². The number of rotatable bonds is 4. The Morgan fingerprint density at radius 3 is 2.67 bits per heavy atom. The Labute approximate surface area is 119 Å². The normalized spacial score (nSPS) is 18.8. The molecule has 1 fully saturated rings. The molecule has 0 amide bonds. The maximum absolute atomic E-state index is 3.70. The van der Waals surface area contributed by atoms with Crippen molar-refractivity contribution in [3.05, 3.63) is 33.8 Å². The highest BCUT2D eigenvalue weighted by atomic mass is 79.9. The van der Waals surface area contributed by atoms with Crippen LogP contribution >= 0.6 is 15.9 Å². The van der Waals surface area contributed by atoms with Crippen molar-refractivity contribution in [3.8, 4) is 0 Å². The standard InChI is InChI=1S/C16H24BrN/c1-12-8-9-15(16(17)10-12)11-18-13(2)14-6-4-3-5-7-14/h8-10,13-14,18H,3-7,11H2,1-2H3. The molecule has 1 aliphatic rings. The molecule has 100 valence electrons. The minimum Gasteiger partial charge on any atom is -0.310 e. The van der Waals surface area contributed by atoms with Crippen LogP contribution in [0.4, 0.5) is 0 Å². The van der Waals surface area contributed by atoms with Gasteiger partial charge in [0.25, 0.3) is 0 Å². The Morgan fingerprint density at radius 2 is 2.00 bits per heavy atom. The predicted molar refractivity (Wildman–Crippen MR) is 81.8 cm³/mol. The lowest BCUT2D eigenvalue weighted by atomic mass is 9.84. The lowest BCUT2D eigenvalue weighted by molar-refractivity contribution is 0.280. The highest BCUT2D eigenvalue weighted by Crippen LogP contribution is 2.26. The summed E-state index contributed by atoms with van der Waals surface area (Å²) in [5.41, 5.74) is 2.68. The van der Waals surface area contributed by atoms with Crippen molar-refractivity contribution >= 4 is 15.9 Å². The van der Waals surface area contributed by atoms with E-state index in [9.17, 15) is 0 Å². The summed E-state index contributed by atoms with van der Waals surface area (Å²) < 4.78 is 1.23. The van der Waals surface area contributed by atoms with Crippen LogP contribution in [0.25, 0.3) is 0 Å². The minimum absolute atomic E-state index is 0.638. The van der Waals surface area contributed by atoms with Crippen molar-refractivity contribution in [1.29, 1.82) is 0 Å². The Hall–Kier alpha value is -0.340. The minimum atomic E-state index is 0.638. The molecule has 1 N–H and O–H groups in total. The van der Waals surface area contributed by atoms with Gasteiger partial charge >= 0.3 is 0 Å². The fraction of sp³-hybridized carbons (Fsp3) is 0.625. The van der Waals surface area contributed by atoms with Crippen molar-refractivity contribution in [2.45, 2.75) is 58.5 Å². The Kier molecular flexibility index (Phi) is 5.25. The van der Waals surface area contributed by atoms with Crippen LogP contribution < -0.4 is 5.32 Å². The molecule has 0 aliphatic heterocycles. The van der Waals surface area contributed by atoms with Crippen LogP contribution in [0.15, 0.2) is 22.7 Å². The number of hydrogen-bond acceptors (Lipinski definition) is 1. The maximum Gasteiger partial charge on any atom is 0.0222 e. The average molecular weight is 310 g/mol. The second kappa shape index (κ2) is 6.72. The summed E-state index contributed by atoms with van der Waals surface area (Å²) in [6.45, 7) is 5.45. The fourth-order valence-corrected chi connectivity index (χ4v) is 3.50. The van der Waals surface area contributed by atoms with Crippen LogP contribution in [0.3, 0.4) is 0 Å². The van der Waals surface area contributed by atoms with E-state index in [4.69, 9.17) is 0 Å². The molecule has 1 saturated carbocycles. The predicted octanol–water partition coefficient (Wildman–Crippen LogP) is 4.82. The molecular formula is C16H24BrN. The van der Waals surface area contributed by atoms with Gasteiger partial charge in [-0.25, -0.2) is 0 Å². The van der Waals surface area contributed by atoms with Gasteiger partial charge < -0.3 is 5.32 Å². The number of nitrogens with one attached hydrogen (secondary N) is 1. The van der Waals surface area contributed by atoms with Gasteiger partial charge in [0.1, 0.15) is 0 Å². The first kappa shape index (κ1) is 14.1. The SMILES string of the molecule is Cc1ccc(CNC(C)C2CCCCC2)c(Br)c1. The first-order valence-corrected chi connectivity index (χ1v) is 7.94. The third-order valence-corrected chi connectivity index (χ3v) is 4.92. The highest BCUT2D eigenvalue weighted by Gasteiger charge is 2.19. The summed E-state index contributed by atoms with van der Waals surface area (Å²) in [5, 5.41) is 3.70. The average Bonchev–Trinajstić information content (AvgIpc) is 2.38. The Bertz CT molecular complexity index is 383. The number of aryl methyl sites for hydroxylation is 1. The molecule has 1 aliphatic carbocycles. The fourth-order valence-electron chi connectivity index (χ4n) is 2.87. The molecule has 0 heterocycles. The van der Waals surface area contributed by atoms with Crippen LogP contribution in [0.5, 0.6) is 0 Å². The van der Waals surface area contributed by atoms with Gasteiger partial charge in [-0.1, -0.05) is 47.3 Å². The molecule has 0 bridgehead atoms. The molecule has 0 spiro atoms. The van der Waals surface area contributed by atoms with Crippen molar-refractivity contribution < 1.29 is 0 Å². The van der Waals surface area contributed by atoms with Crippen molar-refractivity contribution in [2.24, 2.45) is 5.92 Å². The molecule has 1 aromatic rings. The molecule has 2 rings (SSSR count). The molecule has 0 radical (unpaired) electrons. The van der Waals surface area contributed by atoms with E-state index in [0.29, 0.717) is 6.04 Å². The molecule has 0 saturated heterocycles. The van der Waals surface area contributed by atoms with Gasteiger partial charge in [0.15, 0.2) is 0 Å². The first-order chi connectivity index (χ1) is 8.66. The van der Waals surface area contributed by atoms with E-state index in [1.165, 1.54) is 47.7 Å². The molecule has 1 unspecified atom stereocenters. The first-order valence-electron chi connectivity index (χ1n) is 7.15. The van der Waals surface area contributed by atoms with Crippen LogP contribution in [-0.2, 0) is 6.54 Å². The molecule has 2 heteroatoms. The molecule has 1 aromatic carbocycles. The van der Waals surface area contributed by atoms with Crippen LogP contribution in [0.2, 0.25) is 0 Å². The van der Waals surface area contributed by atoms with Gasteiger partial charge in [0.2, 0.25) is 0 Å². The number of halogens is 1. The smallest absolute Gasteiger partial charge is 0.0222 e. The van der Waals surface area contributed by atoms with Gasteiger partial charge in [-0.05, 0) is 49.8 Å². The molecule has 18 heavy (non-hydrogen) atoms. The van der Waals surface area contributed by atoms with E-state index in [0.717, 1.165) is 12.5 Å². The Balaban J connectivity index is 1.86. The van der Waals surface area contributed by atoms with E-state index in [1.807, 2.05) is 0 Å². The molecule has 0 aromatic heterocycles. The molecular weight excluding hydrogens is 286 g/mol. The van der Waals surface area contributed by atoms with Crippen molar-refractivity contribution in [3.63, 3.8) is 0 Å². The topological polar surface area (TPSA) is 12.0 Å². The number of hydrogen-bond donors (Lipinski definition) is 1. The summed E-state index contributed by atoms with van der Waals surface area (Å²) in [5.74, 6) is 0.878. The van der Waals surface area contributed by atoms with Gasteiger partial charge in [-0.3, -0.25) is 0 Å². The lowest BCUT2D eigenvalue weighted by Crippen LogP contribution is -2.34. The zero-order valence-electron chi connectivity index (χ0n) is 11.5. The van der Waals surface area contributed by atoms with Crippen LogP contribution in [0.1, 0.15) is 50.2 Å². The lowest BCUT2D eigenvalue weighted by Gasteiger charge is -2.28. The second-order valence-corrected chi connectivity index (χ2v) is 6.52. The zero-order valence-corrected chi connectivity index (χ0v) is 13.1. The summed E-state index contributed by atoms with van der Waals surface area (Å²) in [4.78, 5) is 0. The maximum atomic E-state index is 3.70. The molecule has 1 atom stereocenters. The van der Waals surface area contributed by atoms with Crippen LogP contribution in [-0.4, -0.2) is 6.04 Å². The van der Waals surface area contributed by atoms with Crippen molar-refractivity contribution in [1.82, 2.24) is 5.32 Å². The van der Waals surface area contributed by atoms with E-state index in [2.05, 4.69) is 53.3 Å². The third-order valence-electron chi connectivity index (χ3n) is 4.18. The van der Waals surface area contributed by atoms with E-state index < -0.39 is 0 Å². The molecule has 1 nitrogen and oxygen atoms in total. The monoisotopic (exact) mass is 309 g/mol. The highest BCUT2D eigenvalue weighted by molar-refractivity contribution is 9.10. The largest absolute Gasteiger partial charge is 0.310 e. The number of benzene rings is 1. The Morgan fingerprint density at radius 1 is 1.28 bits per heavy atom. The second-order valence-electron chi connectivity index (χ2n) is 5.66. The van der Waals surface area contributed by atoms with Crippen LogP contribution in [0, 0.1) is 12.8 Å². The summed E-state index contributed by atoms with van der Waals surface area (Å²) in [6, 6.07) is 7.24. The summed E-state index contributed by atoms with van der Waals surface area (Å²) >= 11 is 3.65. The van der Waals surface area contributed by atoms with Crippen molar-refractivity contribution in [2.75, 3.05) is 0 Å². The quantitative estimate of drug-likeness (QED) is 0.841. The van der Waals surface area contributed by atoms with Gasteiger partial charge in [0.05, 0.1) is 0 Å². The summed E-state index contributed by atoms with van der Waals surface area (Å²) in [7, 11) is 0. The van der Waals surface area contributed by atoms with E-state index >= 15 is 0 Å². The third kappa shape index (κ3) is 3.83. The van der Waals surface area contributed by atoms with Gasteiger partial charge in [0, 0.05) is 17.1 Å². The van der Waals surface area contributed by atoms with Gasteiger partial charge in [-0.2, -0.15) is 0 Å². The van der Waals surface area contributed by atoms with Gasteiger partial charge in [-0.15, -0.1) is 0 Å². The summed E-state index contributed by atoms with van der Waals surface area (Å²) in [6.07, 6.45) is 7.09. The van der Waals surface area contributed by atoms with E-state index in [1.54, 1.807) is 0 Å². The zero-order chi connectivity index (χ0) is 13.0.